The number of benzene rings is 2. The Labute approximate surface area is 139 Å². The molecule has 23 heavy (non-hydrogen) atoms. The van der Waals surface area contributed by atoms with Crippen LogP contribution in [0.4, 0.5) is 5.13 Å². The van der Waals surface area contributed by atoms with Gasteiger partial charge >= 0.3 is 5.63 Å². The van der Waals surface area contributed by atoms with Crippen molar-refractivity contribution in [3.05, 3.63) is 58.4 Å². The highest BCUT2D eigenvalue weighted by atomic mass is 32.2. The molecule has 4 rings (SSSR count). The summed E-state index contributed by atoms with van der Waals surface area (Å²) in [6, 6.07) is 13.4. The normalized spacial score (nSPS) is 11.3. The van der Waals surface area contributed by atoms with Crippen LogP contribution in [-0.4, -0.2) is 10.2 Å². The lowest BCUT2D eigenvalue weighted by atomic mass is 10.0. The van der Waals surface area contributed by atoms with Gasteiger partial charge in [-0.25, -0.2) is 4.79 Å². The van der Waals surface area contributed by atoms with Crippen LogP contribution in [0.15, 0.2) is 56.0 Å². The molecule has 0 aliphatic rings. The molecule has 0 amide bonds. The molecule has 2 N–H and O–H groups in total. The minimum atomic E-state index is -0.346. The molecule has 2 heterocycles. The summed E-state index contributed by atoms with van der Waals surface area (Å²) in [5.74, 6) is 0.606. The fraction of sp³-hybridized carbons (Fsp3) is 0.0625. The van der Waals surface area contributed by atoms with E-state index >= 15 is 0 Å². The molecular weight excluding hydrogens is 330 g/mol. The first-order valence-corrected chi connectivity index (χ1v) is 8.67. The van der Waals surface area contributed by atoms with Gasteiger partial charge in [0.1, 0.15) is 5.58 Å². The lowest BCUT2D eigenvalue weighted by Gasteiger charge is -2.06. The number of hydrogen-bond donors (Lipinski definition) is 1. The van der Waals surface area contributed by atoms with E-state index in [1.165, 1.54) is 29.2 Å². The van der Waals surface area contributed by atoms with Crippen LogP contribution in [0.1, 0.15) is 5.56 Å². The molecule has 5 nitrogen and oxygen atoms in total. The zero-order valence-corrected chi connectivity index (χ0v) is 13.5. The summed E-state index contributed by atoms with van der Waals surface area (Å²) in [6.07, 6.45) is 0. The van der Waals surface area contributed by atoms with E-state index in [2.05, 4.69) is 10.2 Å². The van der Waals surface area contributed by atoms with E-state index in [0.29, 0.717) is 16.5 Å². The van der Waals surface area contributed by atoms with Gasteiger partial charge in [-0.3, -0.25) is 0 Å². The van der Waals surface area contributed by atoms with E-state index in [1.54, 1.807) is 0 Å². The maximum Gasteiger partial charge on any atom is 0.336 e. The van der Waals surface area contributed by atoms with Gasteiger partial charge in [-0.05, 0) is 10.9 Å². The Hall–Kier alpha value is -2.38. The van der Waals surface area contributed by atoms with Crippen molar-refractivity contribution in [2.45, 2.75) is 10.1 Å². The van der Waals surface area contributed by atoms with Gasteiger partial charge in [0.2, 0.25) is 5.13 Å². The Kier molecular flexibility index (Phi) is 3.51. The second kappa shape index (κ2) is 5.68. The summed E-state index contributed by atoms with van der Waals surface area (Å²) in [4.78, 5) is 11.9. The van der Waals surface area contributed by atoms with Gasteiger partial charge in [-0.2, -0.15) is 0 Å². The maximum atomic E-state index is 11.9. The Bertz CT molecular complexity index is 1070. The van der Waals surface area contributed by atoms with Crippen molar-refractivity contribution in [2.75, 3.05) is 5.73 Å². The number of aromatic nitrogens is 2. The van der Waals surface area contributed by atoms with E-state index in [-0.39, 0.29) is 5.63 Å². The van der Waals surface area contributed by atoms with Crippen molar-refractivity contribution < 1.29 is 4.42 Å². The number of nitrogens with zero attached hydrogens (tertiary/aromatic N) is 2. The van der Waals surface area contributed by atoms with Crippen molar-refractivity contribution in [2.24, 2.45) is 0 Å². The Balaban J connectivity index is 1.82. The molecule has 0 atom stereocenters. The summed E-state index contributed by atoms with van der Waals surface area (Å²) in [5.41, 5.74) is 6.79. The van der Waals surface area contributed by atoms with Crippen LogP contribution in [0.5, 0.6) is 0 Å². The van der Waals surface area contributed by atoms with Crippen LogP contribution in [0.3, 0.4) is 0 Å². The van der Waals surface area contributed by atoms with Gasteiger partial charge < -0.3 is 10.2 Å². The molecule has 0 saturated heterocycles. The van der Waals surface area contributed by atoms with E-state index < -0.39 is 0 Å². The van der Waals surface area contributed by atoms with Gasteiger partial charge in [-0.1, -0.05) is 59.5 Å². The molecule has 0 saturated carbocycles. The average molecular weight is 341 g/mol. The van der Waals surface area contributed by atoms with Crippen LogP contribution in [0.2, 0.25) is 0 Å². The quantitative estimate of drug-likeness (QED) is 0.348. The van der Waals surface area contributed by atoms with Crippen LogP contribution >= 0.6 is 23.1 Å². The number of fused-ring (bicyclic) bond motifs is 3. The second-order valence-corrected chi connectivity index (χ2v) is 7.18. The third kappa shape index (κ3) is 2.69. The summed E-state index contributed by atoms with van der Waals surface area (Å²) < 4.78 is 6.24. The van der Waals surface area contributed by atoms with Gasteiger partial charge in [0, 0.05) is 22.6 Å². The predicted molar refractivity (Wildman–Crippen MR) is 93.9 cm³/mol. The Morgan fingerprint density at radius 2 is 2.00 bits per heavy atom. The molecular formula is C16H11N3O2S2. The number of nitrogens with two attached hydrogens (primary N) is 1. The largest absolute Gasteiger partial charge is 0.422 e. The highest BCUT2D eigenvalue weighted by molar-refractivity contribution is 8.00. The summed E-state index contributed by atoms with van der Waals surface area (Å²) in [7, 11) is 0. The third-order valence-electron chi connectivity index (χ3n) is 3.49. The van der Waals surface area contributed by atoms with Crippen LogP contribution < -0.4 is 11.4 Å². The molecule has 114 valence electrons. The van der Waals surface area contributed by atoms with Gasteiger partial charge in [-0.15, -0.1) is 10.2 Å². The molecule has 0 aliphatic heterocycles. The molecule has 0 spiro atoms. The second-order valence-electron chi connectivity index (χ2n) is 4.95. The average Bonchev–Trinajstić information content (AvgIpc) is 2.98. The number of anilines is 1. The van der Waals surface area contributed by atoms with Gasteiger partial charge in [0.15, 0.2) is 4.34 Å². The summed E-state index contributed by atoms with van der Waals surface area (Å²) in [5, 5.41) is 11.1. The molecule has 0 radical (unpaired) electrons. The van der Waals surface area contributed by atoms with Crippen molar-refractivity contribution in [3.63, 3.8) is 0 Å². The lowest BCUT2D eigenvalue weighted by Crippen LogP contribution is -2.00. The molecule has 0 bridgehead atoms. The SMILES string of the molecule is Nc1nnc(SCc2cc(=O)oc3c2ccc2ccccc23)s1. The first-order chi connectivity index (χ1) is 11.2. The van der Waals surface area contributed by atoms with Crippen molar-refractivity contribution >= 4 is 50.0 Å². The number of rotatable bonds is 3. The van der Waals surface area contributed by atoms with E-state index in [1.807, 2.05) is 36.4 Å². The predicted octanol–water partition coefficient (Wildman–Crippen LogP) is 3.67. The number of hydrogen-bond acceptors (Lipinski definition) is 7. The first-order valence-electron chi connectivity index (χ1n) is 6.87. The van der Waals surface area contributed by atoms with E-state index in [0.717, 1.165) is 26.1 Å². The van der Waals surface area contributed by atoms with Crippen LogP contribution in [-0.2, 0) is 5.75 Å². The summed E-state index contributed by atoms with van der Waals surface area (Å²) >= 11 is 2.84. The minimum Gasteiger partial charge on any atom is -0.422 e. The van der Waals surface area contributed by atoms with Crippen LogP contribution in [0, 0.1) is 0 Å². The highest BCUT2D eigenvalue weighted by Gasteiger charge is 2.10. The highest BCUT2D eigenvalue weighted by Crippen LogP contribution is 2.31. The monoisotopic (exact) mass is 341 g/mol. The molecule has 2 aromatic carbocycles. The number of nitrogen functional groups attached to an aromatic ring is 1. The van der Waals surface area contributed by atoms with Crippen molar-refractivity contribution in [1.82, 2.24) is 10.2 Å². The van der Waals surface area contributed by atoms with Gasteiger partial charge in [0.05, 0.1) is 0 Å². The lowest BCUT2D eigenvalue weighted by molar-refractivity contribution is 0.563. The standard InChI is InChI=1S/C16H11N3O2S2/c17-15-18-19-16(23-15)22-8-10-7-13(20)21-14-11-4-2-1-3-9(11)5-6-12(10)14/h1-7H,8H2,(H2,17,18). The molecule has 0 aliphatic carbocycles. The van der Waals surface area contributed by atoms with Gasteiger partial charge in [0.25, 0.3) is 0 Å². The minimum absolute atomic E-state index is 0.346. The molecule has 4 aromatic rings. The molecule has 0 fully saturated rings. The van der Waals surface area contributed by atoms with Crippen LogP contribution in [0.25, 0.3) is 21.7 Å². The summed E-state index contributed by atoms with van der Waals surface area (Å²) in [6.45, 7) is 0. The van der Waals surface area contributed by atoms with Crippen molar-refractivity contribution in [1.29, 1.82) is 0 Å². The third-order valence-corrected chi connectivity index (χ3v) is 5.43. The molecule has 2 aromatic heterocycles. The smallest absolute Gasteiger partial charge is 0.336 e. The Morgan fingerprint density at radius 3 is 2.83 bits per heavy atom. The molecule has 7 heteroatoms. The Morgan fingerprint density at radius 1 is 1.13 bits per heavy atom. The fourth-order valence-corrected chi connectivity index (χ4v) is 4.12. The van der Waals surface area contributed by atoms with E-state index in [9.17, 15) is 4.79 Å². The molecule has 0 unspecified atom stereocenters. The zero-order chi connectivity index (χ0) is 15.8. The zero-order valence-electron chi connectivity index (χ0n) is 11.9. The fourth-order valence-electron chi connectivity index (χ4n) is 2.49. The first kappa shape index (κ1) is 14.2. The topological polar surface area (TPSA) is 82.0 Å². The maximum absolute atomic E-state index is 11.9. The number of thioether (sulfide) groups is 1. The van der Waals surface area contributed by atoms with E-state index in [4.69, 9.17) is 10.2 Å². The van der Waals surface area contributed by atoms with Crippen molar-refractivity contribution in [3.8, 4) is 0 Å².